The maximum atomic E-state index is 10.0. The zero-order valence-corrected chi connectivity index (χ0v) is 5.46. The minimum absolute atomic E-state index is 0.383. The highest BCUT2D eigenvalue weighted by atomic mass is 16.5. The van der Waals surface area contributed by atoms with Crippen molar-refractivity contribution in [1.29, 1.82) is 0 Å². The molecule has 0 bridgehead atoms. The van der Waals surface area contributed by atoms with E-state index in [0.29, 0.717) is 13.2 Å². The van der Waals surface area contributed by atoms with E-state index in [-0.39, 0.29) is 6.23 Å². The Bertz CT molecular complexity index is 122. The van der Waals surface area contributed by atoms with Gasteiger partial charge in [-0.3, -0.25) is 5.32 Å². The Balaban J connectivity index is 2.19. The number of carboxylic acid groups (broad SMARTS) is 1. The lowest BCUT2D eigenvalue weighted by atomic mass is 10.4. The van der Waals surface area contributed by atoms with E-state index in [9.17, 15) is 4.79 Å². The van der Waals surface area contributed by atoms with Crippen molar-refractivity contribution >= 4 is 6.09 Å². The van der Waals surface area contributed by atoms with Crippen molar-refractivity contribution in [2.24, 2.45) is 0 Å². The van der Waals surface area contributed by atoms with Crippen LogP contribution in [0.1, 0.15) is 0 Å². The van der Waals surface area contributed by atoms with Crippen molar-refractivity contribution in [3.63, 3.8) is 0 Å². The molecule has 1 aliphatic rings. The normalized spacial score (nSPS) is 25.8. The lowest BCUT2D eigenvalue weighted by molar-refractivity contribution is 0.00968. The van der Waals surface area contributed by atoms with Crippen LogP contribution in [0.15, 0.2) is 0 Å². The third-order valence-corrected chi connectivity index (χ3v) is 1.21. The summed E-state index contributed by atoms with van der Waals surface area (Å²) < 4.78 is 5.03. The van der Waals surface area contributed by atoms with Crippen LogP contribution in [0.2, 0.25) is 0 Å². The smallest absolute Gasteiger partial charge is 0.406 e. The van der Waals surface area contributed by atoms with Gasteiger partial charge in [-0.15, -0.1) is 0 Å². The Labute approximate surface area is 58.4 Å². The van der Waals surface area contributed by atoms with Gasteiger partial charge in [-0.05, 0) is 0 Å². The summed E-state index contributed by atoms with van der Waals surface area (Å²) in [4.78, 5) is 10.0. The Morgan fingerprint density at radius 1 is 1.80 bits per heavy atom. The zero-order valence-electron chi connectivity index (χ0n) is 5.46. The van der Waals surface area contributed by atoms with Crippen molar-refractivity contribution in [2.75, 3.05) is 19.7 Å². The molecule has 1 heterocycles. The average molecular weight is 146 g/mol. The van der Waals surface area contributed by atoms with Gasteiger partial charge in [0.05, 0.1) is 6.61 Å². The molecule has 0 aromatic rings. The first kappa shape index (κ1) is 7.30. The second-order valence-electron chi connectivity index (χ2n) is 2.01. The monoisotopic (exact) mass is 146 g/mol. The standard InChI is InChI=1S/C5H10N2O3/c8-5(9)7-4-3-6-1-2-10-4/h4,6-7H,1-3H2,(H,8,9). The molecule has 0 saturated carbocycles. The highest BCUT2D eigenvalue weighted by molar-refractivity contribution is 5.64. The maximum Gasteiger partial charge on any atom is 0.406 e. The van der Waals surface area contributed by atoms with E-state index in [1.807, 2.05) is 0 Å². The van der Waals surface area contributed by atoms with E-state index in [1.165, 1.54) is 0 Å². The summed E-state index contributed by atoms with van der Waals surface area (Å²) in [6, 6.07) is 0. The molecule has 1 fully saturated rings. The lowest BCUT2D eigenvalue weighted by Crippen LogP contribution is -2.48. The van der Waals surface area contributed by atoms with Crippen LogP contribution in [0, 0.1) is 0 Å². The number of hydrogen-bond donors (Lipinski definition) is 3. The SMILES string of the molecule is O=C(O)NC1CNCCO1. The molecule has 10 heavy (non-hydrogen) atoms. The molecular weight excluding hydrogens is 136 g/mol. The van der Waals surface area contributed by atoms with Crippen molar-refractivity contribution in [1.82, 2.24) is 10.6 Å². The van der Waals surface area contributed by atoms with Crippen LogP contribution in [0.4, 0.5) is 4.79 Å². The van der Waals surface area contributed by atoms with Gasteiger partial charge in [-0.25, -0.2) is 4.79 Å². The number of carbonyl (C=O) groups is 1. The van der Waals surface area contributed by atoms with Gasteiger partial charge in [-0.1, -0.05) is 0 Å². The number of hydrogen-bond acceptors (Lipinski definition) is 3. The number of amides is 1. The van der Waals surface area contributed by atoms with Crippen LogP contribution in [-0.4, -0.2) is 37.1 Å². The number of morpholine rings is 1. The molecule has 3 N–H and O–H groups in total. The molecule has 1 saturated heterocycles. The van der Waals surface area contributed by atoms with Gasteiger partial charge in [0, 0.05) is 13.1 Å². The molecule has 0 aliphatic carbocycles. The number of rotatable bonds is 1. The molecule has 1 aliphatic heterocycles. The fraction of sp³-hybridized carbons (Fsp3) is 0.800. The zero-order chi connectivity index (χ0) is 7.40. The number of nitrogens with one attached hydrogen (secondary N) is 2. The molecule has 1 rings (SSSR count). The molecule has 1 unspecified atom stereocenters. The highest BCUT2D eigenvalue weighted by Gasteiger charge is 2.13. The predicted octanol–water partition coefficient (Wildman–Crippen LogP) is -0.800. The van der Waals surface area contributed by atoms with Gasteiger partial charge >= 0.3 is 6.09 Å². The largest absolute Gasteiger partial charge is 0.465 e. The molecule has 0 aromatic heterocycles. The van der Waals surface area contributed by atoms with E-state index in [4.69, 9.17) is 9.84 Å². The summed E-state index contributed by atoms with van der Waals surface area (Å²) in [5.74, 6) is 0. The second-order valence-corrected chi connectivity index (χ2v) is 2.01. The van der Waals surface area contributed by atoms with Crippen LogP contribution in [0.3, 0.4) is 0 Å². The molecule has 0 aromatic carbocycles. The fourth-order valence-corrected chi connectivity index (χ4v) is 0.796. The summed E-state index contributed by atoms with van der Waals surface area (Å²) in [7, 11) is 0. The van der Waals surface area contributed by atoms with Gasteiger partial charge < -0.3 is 15.2 Å². The molecular formula is C5H10N2O3. The van der Waals surface area contributed by atoms with Gasteiger partial charge in [0.1, 0.15) is 6.23 Å². The summed E-state index contributed by atoms with van der Waals surface area (Å²) in [6.07, 6.45) is -1.43. The van der Waals surface area contributed by atoms with Crippen molar-refractivity contribution in [3.8, 4) is 0 Å². The van der Waals surface area contributed by atoms with Crippen LogP contribution in [0.25, 0.3) is 0 Å². The minimum Gasteiger partial charge on any atom is -0.465 e. The third kappa shape index (κ3) is 2.20. The Morgan fingerprint density at radius 2 is 2.60 bits per heavy atom. The van der Waals surface area contributed by atoms with Crippen LogP contribution in [-0.2, 0) is 4.74 Å². The Hall–Kier alpha value is -0.810. The molecule has 58 valence electrons. The van der Waals surface area contributed by atoms with Gasteiger partial charge in [0.2, 0.25) is 0 Å². The maximum absolute atomic E-state index is 10.0. The van der Waals surface area contributed by atoms with E-state index in [2.05, 4.69) is 10.6 Å². The van der Waals surface area contributed by atoms with Crippen LogP contribution >= 0.6 is 0 Å². The van der Waals surface area contributed by atoms with E-state index in [0.717, 1.165) is 6.54 Å². The van der Waals surface area contributed by atoms with Crippen LogP contribution < -0.4 is 10.6 Å². The van der Waals surface area contributed by atoms with Gasteiger partial charge in [-0.2, -0.15) is 0 Å². The van der Waals surface area contributed by atoms with Crippen molar-refractivity contribution < 1.29 is 14.6 Å². The highest BCUT2D eigenvalue weighted by Crippen LogP contribution is 1.90. The fourth-order valence-electron chi connectivity index (χ4n) is 0.796. The van der Waals surface area contributed by atoms with Crippen molar-refractivity contribution in [3.05, 3.63) is 0 Å². The topological polar surface area (TPSA) is 70.6 Å². The first-order valence-corrected chi connectivity index (χ1v) is 3.11. The Kier molecular flexibility index (Phi) is 2.47. The third-order valence-electron chi connectivity index (χ3n) is 1.21. The summed E-state index contributed by atoms with van der Waals surface area (Å²) >= 11 is 0. The molecule has 5 heteroatoms. The summed E-state index contributed by atoms with van der Waals surface area (Å²) in [5, 5.41) is 13.4. The first-order chi connectivity index (χ1) is 4.79. The molecule has 0 radical (unpaired) electrons. The summed E-state index contributed by atoms with van der Waals surface area (Å²) in [5.41, 5.74) is 0. The Morgan fingerprint density at radius 3 is 3.10 bits per heavy atom. The lowest BCUT2D eigenvalue weighted by Gasteiger charge is -2.22. The molecule has 0 spiro atoms. The predicted molar refractivity (Wildman–Crippen MR) is 33.8 cm³/mol. The molecule has 5 nitrogen and oxygen atoms in total. The quantitative estimate of drug-likeness (QED) is 0.453. The molecule has 1 atom stereocenters. The van der Waals surface area contributed by atoms with E-state index in [1.54, 1.807) is 0 Å². The minimum atomic E-state index is -1.05. The van der Waals surface area contributed by atoms with Crippen LogP contribution in [0.5, 0.6) is 0 Å². The first-order valence-electron chi connectivity index (χ1n) is 3.11. The number of ether oxygens (including phenoxy) is 1. The van der Waals surface area contributed by atoms with E-state index < -0.39 is 6.09 Å². The van der Waals surface area contributed by atoms with Gasteiger partial charge in [0.15, 0.2) is 0 Å². The summed E-state index contributed by atoms with van der Waals surface area (Å²) in [6.45, 7) is 1.90. The molecule has 1 amide bonds. The second kappa shape index (κ2) is 3.38. The van der Waals surface area contributed by atoms with Crippen molar-refractivity contribution in [2.45, 2.75) is 6.23 Å². The van der Waals surface area contributed by atoms with Gasteiger partial charge in [0.25, 0.3) is 0 Å². The average Bonchev–Trinajstić information content (AvgIpc) is 1.88. The van der Waals surface area contributed by atoms with E-state index >= 15 is 0 Å².